The second-order valence-corrected chi connectivity index (χ2v) is 9.55. The molecule has 0 radical (unpaired) electrons. The quantitative estimate of drug-likeness (QED) is 0.148. The Bertz CT molecular complexity index is 894. The number of carbonyl (C=O) groups is 1. The molecule has 216 valence electrons. The highest BCUT2D eigenvalue weighted by molar-refractivity contribution is 6.03. The first-order valence-corrected chi connectivity index (χ1v) is 13.4. The number of ether oxygens (including phenoxy) is 2. The number of nitrogens with two attached hydrogens (primary N) is 1. The van der Waals surface area contributed by atoms with Crippen LogP contribution in [0, 0.1) is 0 Å². The van der Waals surface area contributed by atoms with E-state index in [0.29, 0.717) is 57.5 Å². The number of amides is 1. The molecule has 0 saturated heterocycles. The summed E-state index contributed by atoms with van der Waals surface area (Å²) in [5.74, 6) is 7.35. The summed E-state index contributed by atoms with van der Waals surface area (Å²) in [5.41, 5.74) is 3.77. The molecule has 1 unspecified atom stereocenters. The summed E-state index contributed by atoms with van der Waals surface area (Å²) in [7, 11) is 0. The third-order valence-electron chi connectivity index (χ3n) is 5.65. The Hall–Kier alpha value is -2.76. The Morgan fingerprint density at radius 1 is 1.29 bits per heavy atom. The number of aliphatic imine (C=N–C) groups is 2. The molecule has 1 aliphatic rings. The van der Waals surface area contributed by atoms with Gasteiger partial charge in [-0.1, -0.05) is 6.92 Å². The summed E-state index contributed by atoms with van der Waals surface area (Å²) in [4.78, 5) is 23.8. The maximum absolute atomic E-state index is 13.8. The third-order valence-corrected chi connectivity index (χ3v) is 5.65. The maximum atomic E-state index is 13.8. The maximum Gasteiger partial charge on any atom is 0.422 e. The van der Waals surface area contributed by atoms with Gasteiger partial charge in [-0.05, 0) is 72.3 Å². The van der Waals surface area contributed by atoms with Gasteiger partial charge in [-0.2, -0.15) is 0 Å². The molecule has 0 saturated carbocycles. The van der Waals surface area contributed by atoms with Gasteiger partial charge in [0.15, 0.2) is 0 Å². The molecule has 1 rings (SSSR count). The molecule has 1 heterocycles. The fourth-order valence-corrected chi connectivity index (χ4v) is 3.88. The molecule has 0 aromatic rings. The van der Waals surface area contributed by atoms with Crippen LogP contribution >= 0.6 is 0 Å². The van der Waals surface area contributed by atoms with Crippen molar-refractivity contribution in [3.63, 3.8) is 0 Å². The molecule has 0 bridgehead atoms. The van der Waals surface area contributed by atoms with Gasteiger partial charge in [0.05, 0.1) is 12.6 Å². The highest BCUT2D eigenvalue weighted by Crippen LogP contribution is 2.20. The summed E-state index contributed by atoms with van der Waals surface area (Å²) < 4.78 is 24.6. The van der Waals surface area contributed by atoms with E-state index in [-0.39, 0.29) is 6.04 Å². The number of amidine groups is 1. The summed E-state index contributed by atoms with van der Waals surface area (Å²) in [6, 6.07) is -0.212. The number of carbonyl (C=O) groups excluding carboxylic acids is 1. The first kappa shape index (κ1) is 33.3. The topological polar surface area (TPSA) is 108 Å². The molecule has 0 aromatic heterocycles. The van der Waals surface area contributed by atoms with Crippen LogP contribution in [0.1, 0.15) is 61.8 Å². The van der Waals surface area contributed by atoms with Gasteiger partial charge in [-0.15, -0.1) is 0 Å². The smallest absolute Gasteiger partial charge is 0.422 e. The number of hydrogen-bond acceptors (Lipinski definition) is 9. The minimum absolute atomic E-state index is 0.212. The van der Waals surface area contributed by atoms with E-state index in [1.54, 1.807) is 17.3 Å². The normalized spacial score (nSPS) is 16.7. The van der Waals surface area contributed by atoms with Gasteiger partial charge in [-0.25, -0.2) is 25.0 Å². The number of nitrogens with one attached hydrogen (secondary N) is 1. The lowest BCUT2D eigenvalue weighted by Crippen LogP contribution is -2.46. The van der Waals surface area contributed by atoms with Gasteiger partial charge < -0.3 is 14.4 Å². The first-order valence-electron chi connectivity index (χ1n) is 13.4. The van der Waals surface area contributed by atoms with Crippen molar-refractivity contribution in [1.29, 1.82) is 0 Å². The Morgan fingerprint density at radius 3 is 2.55 bits per heavy atom. The SMILES string of the molecule is CCN=C(CCN(CC)NC(=O)OC(C)(C)C)/C(=C\CF)C(C)N(CC)C1=N/C(=C\COCC)N(N)C=C1. The fraction of sp³-hybridized carbons (Fsp3) is 0.667. The van der Waals surface area contributed by atoms with Crippen molar-refractivity contribution in [3.8, 4) is 0 Å². The predicted molar refractivity (Wildman–Crippen MR) is 152 cm³/mol. The minimum atomic E-state index is -0.619. The molecule has 0 fully saturated rings. The average molecular weight is 538 g/mol. The van der Waals surface area contributed by atoms with E-state index in [1.165, 1.54) is 5.01 Å². The van der Waals surface area contributed by atoms with Crippen LogP contribution in [0.3, 0.4) is 0 Å². The Morgan fingerprint density at radius 2 is 2.00 bits per heavy atom. The number of likely N-dealkylation sites (N-methyl/N-ethyl adjacent to an activating group) is 1. The highest BCUT2D eigenvalue weighted by Gasteiger charge is 2.25. The summed E-state index contributed by atoms with van der Waals surface area (Å²) in [6.07, 6.45) is 6.99. The predicted octanol–water partition coefficient (Wildman–Crippen LogP) is 4.18. The fourth-order valence-electron chi connectivity index (χ4n) is 3.88. The van der Waals surface area contributed by atoms with Crippen molar-refractivity contribution in [2.45, 2.75) is 73.5 Å². The summed E-state index contributed by atoms with van der Waals surface area (Å²) in [5, 5.41) is 3.22. The van der Waals surface area contributed by atoms with Crippen molar-refractivity contribution in [1.82, 2.24) is 20.3 Å². The van der Waals surface area contributed by atoms with Crippen LogP contribution in [0.2, 0.25) is 0 Å². The Kier molecular flexibility index (Phi) is 14.8. The van der Waals surface area contributed by atoms with Gasteiger partial charge in [0.25, 0.3) is 0 Å². The number of hydrazine groups is 2. The van der Waals surface area contributed by atoms with Gasteiger partial charge >= 0.3 is 6.09 Å². The summed E-state index contributed by atoms with van der Waals surface area (Å²) >= 11 is 0. The largest absolute Gasteiger partial charge is 0.443 e. The van der Waals surface area contributed by atoms with E-state index < -0.39 is 18.4 Å². The minimum Gasteiger partial charge on any atom is -0.443 e. The van der Waals surface area contributed by atoms with Crippen LogP contribution < -0.4 is 11.3 Å². The van der Waals surface area contributed by atoms with Crippen LogP contribution in [-0.4, -0.2) is 90.3 Å². The summed E-state index contributed by atoms with van der Waals surface area (Å²) in [6.45, 7) is 17.9. The van der Waals surface area contributed by atoms with Crippen molar-refractivity contribution < 1.29 is 18.7 Å². The zero-order valence-corrected chi connectivity index (χ0v) is 24.5. The van der Waals surface area contributed by atoms with Gasteiger partial charge in [0, 0.05) is 51.1 Å². The number of allylic oxidation sites excluding steroid dienone is 1. The first-order chi connectivity index (χ1) is 18.0. The zero-order chi connectivity index (χ0) is 28.7. The van der Waals surface area contributed by atoms with E-state index in [4.69, 9.17) is 25.3 Å². The van der Waals surface area contributed by atoms with Gasteiger partial charge in [0.2, 0.25) is 0 Å². The van der Waals surface area contributed by atoms with Crippen molar-refractivity contribution in [2.75, 3.05) is 46.1 Å². The molecular formula is C27H48FN7O3. The molecule has 1 atom stereocenters. The number of halogens is 1. The molecule has 0 aliphatic carbocycles. The molecule has 0 spiro atoms. The lowest BCUT2D eigenvalue weighted by atomic mass is 9.98. The van der Waals surface area contributed by atoms with Crippen molar-refractivity contribution >= 4 is 17.6 Å². The van der Waals surface area contributed by atoms with E-state index in [0.717, 1.165) is 11.3 Å². The lowest BCUT2D eigenvalue weighted by Gasteiger charge is -2.34. The number of rotatable bonds is 14. The van der Waals surface area contributed by atoms with Crippen molar-refractivity contribution in [2.24, 2.45) is 15.8 Å². The second kappa shape index (κ2) is 17.0. The zero-order valence-electron chi connectivity index (χ0n) is 24.5. The van der Waals surface area contributed by atoms with E-state index in [2.05, 4.69) is 10.3 Å². The van der Waals surface area contributed by atoms with Crippen molar-refractivity contribution in [3.05, 3.63) is 35.8 Å². The van der Waals surface area contributed by atoms with Crippen LogP contribution in [0.15, 0.2) is 45.8 Å². The van der Waals surface area contributed by atoms with Gasteiger partial charge in [0.1, 0.15) is 23.9 Å². The van der Waals surface area contributed by atoms with Crippen LogP contribution in [0.25, 0.3) is 0 Å². The van der Waals surface area contributed by atoms with E-state index >= 15 is 0 Å². The molecule has 38 heavy (non-hydrogen) atoms. The molecule has 1 aliphatic heterocycles. The number of alkyl halides is 1. The second-order valence-electron chi connectivity index (χ2n) is 9.55. The monoisotopic (exact) mass is 537 g/mol. The molecular weight excluding hydrogens is 489 g/mol. The number of hydrogen-bond donors (Lipinski definition) is 2. The molecule has 3 N–H and O–H groups in total. The van der Waals surface area contributed by atoms with E-state index in [9.17, 15) is 9.18 Å². The van der Waals surface area contributed by atoms with Crippen LogP contribution in [-0.2, 0) is 9.47 Å². The van der Waals surface area contributed by atoms with Crippen LogP contribution in [0.4, 0.5) is 9.18 Å². The van der Waals surface area contributed by atoms with E-state index in [1.807, 2.05) is 67.5 Å². The highest BCUT2D eigenvalue weighted by atomic mass is 19.1. The number of nitrogens with zero attached hydrogens (tertiary/aromatic N) is 5. The third kappa shape index (κ3) is 11.3. The average Bonchev–Trinajstić information content (AvgIpc) is 2.85. The Balaban J connectivity index is 3.14. The van der Waals surface area contributed by atoms with Crippen LogP contribution in [0.5, 0.6) is 0 Å². The molecule has 0 aromatic carbocycles. The molecule has 1 amide bonds. The lowest BCUT2D eigenvalue weighted by molar-refractivity contribution is 0.0341. The Labute approximate surface area is 228 Å². The van der Waals surface area contributed by atoms with Gasteiger partial charge in [-0.3, -0.25) is 15.4 Å². The molecule has 11 heteroatoms. The standard InChI is InChI=1S/C27H48FN7O3/c1-9-30-23(14-18-33(10-2)32-26(36)38-27(6,7)8)22(13-17-28)21(5)34(11-3)24-15-19-35(29)25(31-24)16-20-37-12-4/h13,15-16,19,21H,9-12,14,17-18,20,29H2,1-8H3,(H,32,36)/b22-13-,25-16+,30-23?. The molecule has 10 nitrogen and oxygen atoms in total.